The molecule has 2 rings (SSSR count). The van der Waals surface area contributed by atoms with Gasteiger partial charge in [-0.25, -0.2) is 9.97 Å². The molecule has 0 N–H and O–H groups in total. The second kappa shape index (κ2) is 3.35. The number of rotatable bonds is 1. The zero-order valence-electron chi connectivity index (χ0n) is 7.49. The Bertz CT molecular complexity index is 511. The maximum absolute atomic E-state index is 10.6. The lowest BCUT2D eigenvalue weighted by molar-refractivity contribution is 0.111. The summed E-state index contributed by atoms with van der Waals surface area (Å²) in [6, 6.07) is 5.20. The van der Waals surface area contributed by atoms with Crippen LogP contribution in [0.25, 0.3) is 11.0 Å². The summed E-state index contributed by atoms with van der Waals surface area (Å²) >= 11 is 5.81. The summed E-state index contributed by atoms with van der Waals surface area (Å²) in [6.07, 6.45) is 0.705. The summed E-state index contributed by atoms with van der Waals surface area (Å²) in [7, 11) is 0. The molecule has 0 aliphatic rings. The van der Waals surface area contributed by atoms with Crippen molar-refractivity contribution in [3.8, 4) is 0 Å². The molecule has 0 fully saturated rings. The van der Waals surface area contributed by atoms with Gasteiger partial charge < -0.3 is 0 Å². The minimum absolute atomic E-state index is 0.375. The highest BCUT2D eigenvalue weighted by molar-refractivity contribution is 6.31. The third-order valence-electron chi connectivity index (χ3n) is 1.95. The lowest BCUT2D eigenvalue weighted by Gasteiger charge is -2.00. The van der Waals surface area contributed by atoms with Crippen molar-refractivity contribution < 1.29 is 4.79 Å². The van der Waals surface area contributed by atoms with Gasteiger partial charge in [-0.15, -0.1) is 0 Å². The number of aromatic nitrogens is 2. The summed E-state index contributed by atoms with van der Waals surface area (Å²) < 4.78 is 0. The molecule has 70 valence electrons. The van der Waals surface area contributed by atoms with E-state index in [1.165, 1.54) is 0 Å². The second-order valence-electron chi connectivity index (χ2n) is 2.95. The Balaban J connectivity index is 2.79. The second-order valence-corrected chi connectivity index (χ2v) is 3.38. The van der Waals surface area contributed by atoms with E-state index in [1.807, 2.05) is 0 Å². The van der Waals surface area contributed by atoms with E-state index in [4.69, 9.17) is 11.6 Å². The fraction of sp³-hybridized carbons (Fsp3) is 0.100. The van der Waals surface area contributed by atoms with Crippen molar-refractivity contribution in [2.45, 2.75) is 6.92 Å². The van der Waals surface area contributed by atoms with Gasteiger partial charge in [-0.05, 0) is 25.1 Å². The third kappa shape index (κ3) is 1.46. The number of carbonyl (C=O) groups excluding carboxylic acids is 1. The molecule has 0 saturated heterocycles. The summed E-state index contributed by atoms with van der Waals surface area (Å²) in [5.74, 6) is 0. The molecule has 2 aromatic rings. The van der Waals surface area contributed by atoms with Gasteiger partial charge in [-0.3, -0.25) is 4.79 Å². The number of carbonyl (C=O) groups is 1. The largest absolute Gasteiger partial charge is 0.296 e. The Morgan fingerprint density at radius 2 is 2.07 bits per heavy atom. The molecule has 0 radical (unpaired) electrons. The molecule has 3 nitrogen and oxygen atoms in total. The first kappa shape index (κ1) is 9.09. The fourth-order valence-electron chi connectivity index (χ4n) is 1.24. The predicted octanol–water partition coefficient (Wildman–Crippen LogP) is 2.40. The number of hydrogen-bond acceptors (Lipinski definition) is 3. The van der Waals surface area contributed by atoms with Gasteiger partial charge in [-0.2, -0.15) is 0 Å². The van der Waals surface area contributed by atoms with Crippen LogP contribution in [0, 0.1) is 6.92 Å². The third-order valence-corrected chi connectivity index (χ3v) is 2.18. The predicted molar refractivity (Wildman–Crippen MR) is 54.7 cm³/mol. The van der Waals surface area contributed by atoms with E-state index in [-0.39, 0.29) is 0 Å². The molecule has 0 aliphatic heterocycles. The lowest BCUT2D eigenvalue weighted by Crippen LogP contribution is -1.96. The topological polar surface area (TPSA) is 42.9 Å². The molecule has 0 atom stereocenters. The number of halogens is 1. The summed E-state index contributed by atoms with van der Waals surface area (Å²) in [6.45, 7) is 1.75. The maximum Gasteiger partial charge on any atom is 0.170 e. The monoisotopic (exact) mass is 206 g/mol. The minimum Gasteiger partial charge on any atom is -0.296 e. The molecular weight excluding hydrogens is 200 g/mol. The first-order chi connectivity index (χ1) is 6.70. The van der Waals surface area contributed by atoms with Crippen molar-refractivity contribution in [1.82, 2.24) is 9.97 Å². The Kier molecular flexibility index (Phi) is 2.17. The van der Waals surface area contributed by atoms with Crippen LogP contribution in [0.4, 0.5) is 0 Å². The van der Waals surface area contributed by atoms with E-state index < -0.39 is 0 Å². The highest BCUT2D eigenvalue weighted by Crippen LogP contribution is 2.16. The van der Waals surface area contributed by atoms with Crippen LogP contribution in [0.3, 0.4) is 0 Å². The van der Waals surface area contributed by atoms with Gasteiger partial charge in [0.2, 0.25) is 0 Å². The number of aldehydes is 1. The molecule has 0 bridgehead atoms. The average Bonchev–Trinajstić information content (AvgIpc) is 2.16. The van der Waals surface area contributed by atoms with Gasteiger partial charge in [0, 0.05) is 5.02 Å². The van der Waals surface area contributed by atoms with Gasteiger partial charge in [0.05, 0.1) is 16.7 Å². The van der Waals surface area contributed by atoms with Gasteiger partial charge in [0.25, 0.3) is 0 Å². The lowest BCUT2D eigenvalue weighted by atomic mass is 10.2. The van der Waals surface area contributed by atoms with E-state index in [2.05, 4.69) is 9.97 Å². The molecule has 1 aromatic heterocycles. The van der Waals surface area contributed by atoms with Crippen LogP contribution in [-0.4, -0.2) is 16.3 Å². The number of nitrogens with zero attached hydrogens (tertiary/aromatic N) is 2. The van der Waals surface area contributed by atoms with E-state index in [9.17, 15) is 4.79 Å². The average molecular weight is 207 g/mol. The Labute approximate surface area is 85.7 Å². The van der Waals surface area contributed by atoms with Crippen LogP contribution < -0.4 is 0 Å². The van der Waals surface area contributed by atoms with Gasteiger partial charge in [0.15, 0.2) is 6.29 Å². The minimum atomic E-state index is 0.375. The van der Waals surface area contributed by atoms with Crippen LogP contribution in [0.1, 0.15) is 16.2 Å². The van der Waals surface area contributed by atoms with Crippen LogP contribution >= 0.6 is 11.6 Å². The van der Waals surface area contributed by atoms with E-state index >= 15 is 0 Å². The van der Waals surface area contributed by atoms with E-state index in [0.29, 0.717) is 33.7 Å². The quantitative estimate of drug-likeness (QED) is 0.673. The Morgan fingerprint density at radius 1 is 1.29 bits per heavy atom. The van der Waals surface area contributed by atoms with Crippen LogP contribution in [0.5, 0.6) is 0 Å². The molecule has 0 unspecified atom stereocenters. The van der Waals surface area contributed by atoms with E-state index in [0.717, 1.165) is 0 Å². The molecule has 1 aromatic carbocycles. The Hall–Kier alpha value is -1.48. The SMILES string of the molecule is Cc1nc2cc(Cl)ccc2nc1C=O. The van der Waals surface area contributed by atoms with Crippen molar-refractivity contribution in [3.05, 3.63) is 34.6 Å². The molecular formula is C10H7ClN2O. The molecule has 0 amide bonds. The van der Waals surface area contributed by atoms with Crippen LogP contribution in [-0.2, 0) is 0 Å². The number of aryl methyl sites for hydroxylation is 1. The van der Waals surface area contributed by atoms with Gasteiger partial charge >= 0.3 is 0 Å². The summed E-state index contributed by atoms with van der Waals surface area (Å²) in [5, 5.41) is 0.616. The summed E-state index contributed by atoms with van der Waals surface area (Å²) in [4.78, 5) is 19.0. The Morgan fingerprint density at radius 3 is 2.79 bits per heavy atom. The highest BCUT2D eigenvalue weighted by atomic mass is 35.5. The molecule has 14 heavy (non-hydrogen) atoms. The van der Waals surface area contributed by atoms with Gasteiger partial charge in [-0.1, -0.05) is 11.6 Å². The number of fused-ring (bicyclic) bond motifs is 1. The molecule has 0 saturated carbocycles. The summed E-state index contributed by atoms with van der Waals surface area (Å²) in [5.41, 5.74) is 2.39. The van der Waals surface area contributed by atoms with Crippen molar-refractivity contribution >= 4 is 28.9 Å². The van der Waals surface area contributed by atoms with Crippen molar-refractivity contribution in [2.75, 3.05) is 0 Å². The normalized spacial score (nSPS) is 10.4. The zero-order valence-corrected chi connectivity index (χ0v) is 8.25. The van der Waals surface area contributed by atoms with Gasteiger partial charge in [0.1, 0.15) is 5.69 Å². The number of benzene rings is 1. The van der Waals surface area contributed by atoms with Crippen molar-refractivity contribution in [2.24, 2.45) is 0 Å². The van der Waals surface area contributed by atoms with Crippen LogP contribution in [0.2, 0.25) is 5.02 Å². The fourth-order valence-corrected chi connectivity index (χ4v) is 1.41. The zero-order chi connectivity index (χ0) is 10.1. The number of hydrogen-bond donors (Lipinski definition) is 0. The molecule has 0 aliphatic carbocycles. The maximum atomic E-state index is 10.6. The standard InChI is InChI=1S/C10H7ClN2O/c1-6-10(5-14)13-8-3-2-7(11)4-9(8)12-6/h2-5H,1H3. The first-order valence-electron chi connectivity index (χ1n) is 4.10. The highest BCUT2D eigenvalue weighted by Gasteiger charge is 2.03. The molecule has 0 spiro atoms. The smallest absolute Gasteiger partial charge is 0.170 e. The first-order valence-corrected chi connectivity index (χ1v) is 4.47. The van der Waals surface area contributed by atoms with Crippen molar-refractivity contribution in [3.63, 3.8) is 0 Å². The van der Waals surface area contributed by atoms with Crippen molar-refractivity contribution in [1.29, 1.82) is 0 Å². The molecule has 4 heteroatoms. The van der Waals surface area contributed by atoms with Crippen LogP contribution in [0.15, 0.2) is 18.2 Å². The van der Waals surface area contributed by atoms with E-state index in [1.54, 1.807) is 25.1 Å². The molecule has 1 heterocycles.